The summed E-state index contributed by atoms with van der Waals surface area (Å²) in [4.78, 5) is 2.35. The maximum atomic E-state index is 3.62. The molecule has 0 amide bonds. The van der Waals surface area contributed by atoms with Crippen LogP contribution in [0.4, 0.5) is 5.69 Å². The molecule has 1 N–H and O–H groups in total. The lowest BCUT2D eigenvalue weighted by Gasteiger charge is -2.26. The first-order valence-corrected chi connectivity index (χ1v) is 6.39. The highest BCUT2D eigenvalue weighted by Crippen LogP contribution is 2.27. The van der Waals surface area contributed by atoms with Gasteiger partial charge in [0.2, 0.25) is 0 Å². The van der Waals surface area contributed by atoms with Crippen LogP contribution < -0.4 is 10.2 Å². The van der Waals surface area contributed by atoms with Crippen LogP contribution in [0.2, 0.25) is 0 Å². The van der Waals surface area contributed by atoms with Gasteiger partial charge in [-0.3, -0.25) is 0 Å². The molecule has 1 aliphatic carbocycles. The van der Waals surface area contributed by atoms with Gasteiger partial charge in [-0.05, 0) is 36.5 Å². The molecule has 1 aliphatic heterocycles. The van der Waals surface area contributed by atoms with Crippen molar-refractivity contribution in [3.63, 3.8) is 0 Å². The van der Waals surface area contributed by atoms with Crippen LogP contribution in [0.25, 0.3) is 0 Å². The molecule has 0 unspecified atom stereocenters. The third-order valence-electron chi connectivity index (χ3n) is 3.97. The summed E-state index contributed by atoms with van der Waals surface area (Å²) in [6.07, 6.45) is 5.36. The quantitative estimate of drug-likeness (QED) is 0.834. The fraction of sp³-hybridized carbons (Fsp3) is 0.571. The Morgan fingerprint density at radius 3 is 3.00 bits per heavy atom. The van der Waals surface area contributed by atoms with Gasteiger partial charge >= 0.3 is 0 Å². The van der Waals surface area contributed by atoms with E-state index >= 15 is 0 Å². The fourth-order valence-electron chi connectivity index (χ4n) is 2.60. The van der Waals surface area contributed by atoms with E-state index in [1.165, 1.54) is 49.0 Å². The number of likely N-dealkylation sites (N-methyl/N-ethyl adjacent to an activating group) is 1. The number of benzene rings is 1. The number of nitrogens with zero attached hydrogens (tertiary/aromatic N) is 1. The number of hydrogen-bond acceptors (Lipinski definition) is 2. The average Bonchev–Trinajstić information content (AvgIpc) is 2.58. The van der Waals surface area contributed by atoms with Gasteiger partial charge in [0, 0.05) is 31.9 Å². The molecule has 0 aromatic heterocycles. The van der Waals surface area contributed by atoms with E-state index in [-0.39, 0.29) is 0 Å². The van der Waals surface area contributed by atoms with E-state index in [0.717, 1.165) is 12.6 Å². The molecule has 1 aromatic rings. The van der Waals surface area contributed by atoms with Crippen molar-refractivity contribution in [2.24, 2.45) is 0 Å². The van der Waals surface area contributed by atoms with Gasteiger partial charge in [-0.25, -0.2) is 0 Å². The van der Waals surface area contributed by atoms with Crippen molar-refractivity contribution >= 4 is 5.69 Å². The Hall–Kier alpha value is -1.02. The van der Waals surface area contributed by atoms with Gasteiger partial charge in [0.25, 0.3) is 0 Å². The molecule has 1 aromatic carbocycles. The van der Waals surface area contributed by atoms with Crippen molar-refractivity contribution in [1.82, 2.24) is 5.32 Å². The molecule has 0 radical (unpaired) electrons. The molecule has 1 fully saturated rings. The second-order valence-corrected chi connectivity index (χ2v) is 5.14. The van der Waals surface area contributed by atoms with Crippen LogP contribution in [0.3, 0.4) is 0 Å². The normalized spacial score (nSPS) is 19.7. The summed E-state index contributed by atoms with van der Waals surface area (Å²) in [5.41, 5.74) is 4.39. The van der Waals surface area contributed by atoms with E-state index in [0.29, 0.717) is 0 Å². The summed E-state index contributed by atoms with van der Waals surface area (Å²) in [6.45, 7) is 2.22. The van der Waals surface area contributed by atoms with Crippen molar-refractivity contribution in [1.29, 1.82) is 0 Å². The van der Waals surface area contributed by atoms with Crippen LogP contribution in [0, 0.1) is 0 Å². The van der Waals surface area contributed by atoms with E-state index < -0.39 is 0 Å². The number of rotatable bonds is 3. The molecule has 1 heterocycles. The van der Waals surface area contributed by atoms with Gasteiger partial charge in [0.05, 0.1) is 0 Å². The zero-order valence-electron chi connectivity index (χ0n) is 10.00. The SMILES string of the molecule is CN1CCc2cc(CNC3CCC3)ccc21. The number of hydrogen-bond donors (Lipinski definition) is 1. The zero-order chi connectivity index (χ0) is 11.0. The minimum atomic E-state index is 0.788. The molecule has 16 heavy (non-hydrogen) atoms. The fourth-order valence-corrected chi connectivity index (χ4v) is 2.60. The highest BCUT2D eigenvalue weighted by Gasteiger charge is 2.18. The standard InChI is InChI=1S/C14H20N2/c1-16-8-7-12-9-11(5-6-14(12)16)10-15-13-3-2-4-13/h5-6,9,13,15H,2-4,7-8,10H2,1H3. The van der Waals surface area contributed by atoms with Gasteiger partial charge in [-0.2, -0.15) is 0 Å². The zero-order valence-corrected chi connectivity index (χ0v) is 10.00. The lowest BCUT2D eigenvalue weighted by Crippen LogP contribution is -2.34. The van der Waals surface area contributed by atoms with Crippen molar-refractivity contribution in [2.45, 2.75) is 38.3 Å². The third-order valence-corrected chi connectivity index (χ3v) is 3.97. The predicted molar refractivity (Wildman–Crippen MR) is 67.9 cm³/mol. The molecule has 2 heteroatoms. The summed E-state index contributed by atoms with van der Waals surface area (Å²) in [6, 6.07) is 7.72. The second kappa shape index (κ2) is 4.10. The Morgan fingerprint density at radius 1 is 1.38 bits per heavy atom. The summed E-state index contributed by atoms with van der Waals surface area (Å²) in [5, 5.41) is 3.62. The van der Waals surface area contributed by atoms with Crippen LogP contribution in [0.5, 0.6) is 0 Å². The van der Waals surface area contributed by atoms with Crippen LogP contribution in [-0.2, 0) is 13.0 Å². The first kappa shape index (κ1) is 10.2. The van der Waals surface area contributed by atoms with E-state index in [1.54, 1.807) is 0 Å². The largest absolute Gasteiger partial charge is 0.374 e. The first-order chi connectivity index (χ1) is 7.83. The lowest BCUT2D eigenvalue weighted by molar-refractivity contribution is 0.338. The molecule has 0 saturated heterocycles. The first-order valence-electron chi connectivity index (χ1n) is 6.39. The van der Waals surface area contributed by atoms with Crippen molar-refractivity contribution in [3.8, 4) is 0 Å². The topological polar surface area (TPSA) is 15.3 Å². The molecule has 0 bridgehead atoms. The van der Waals surface area contributed by atoms with Crippen molar-refractivity contribution in [3.05, 3.63) is 29.3 Å². The smallest absolute Gasteiger partial charge is 0.0397 e. The minimum Gasteiger partial charge on any atom is -0.374 e. The highest BCUT2D eigenvalue weighted by molar-refractivity contribution is 5.58. The van der Waals surface area contributed by atoms with Gasteiger partial charge < -0.3 is 10.2 Å². The van der Waals surface area contributed by atoms with Gasteiger partial charge in [0.15, 0.2) is 0 Å². The molecule has 1 saturated carbocycles. The number of fused-ring (bicyclic) bond motifs is 1. The highest BCUT2D eigenvalue weighted by atomic mass is 15.1. The van der Waals surface area contributed by atoms with Crippen LogP contribution in [0.1, 0.15) is 30.4 Å². The molecule has 0 spiro atoms. The van der Waals surface area contributed by atoms with Gasteiger partial charge in [0.1, 0.15) is 0 Å². The summed E-state index contributed by atoms with van der Waals surface area (Å²) in [5.74, 6) is 0. The summed E-state index contributed by atoms with van der Waals surface area (Å²) < 4.78 is 0. The maximum Gasteiger partial charge on any atom is 0.0397 e. The van der Waals surface area contributed by atoms with Crippen molar-refractivity contribution in [2.75, 3.05) is 18.5 Å². The molecule has 0 atom stereocenters. The van der Waals surface area contributed by atoms with Crippen molar-refractivity contribution < 1.29 is 0 Å². The summed E-state index contributed by atoms with van der Waals surface area (Å²) in [7, 11) is 2.18. The number of anilines is 1. The molecule has 2 aliphatic rings. The molecule has 2 nitrogen and oxygen atoms in total. The molecule has 3 rings (SSSR count). The lowest BCUT2D eigenvalue weighted by atomic mass is 9.93. The van der Waals surface area contributed by atoms with Gasteiger partial charge in [-0.15, -0.1) is 0 Å². The van der Waals surface area contributed by atoms with E-state index in [1.807, 2.05) is 0 Å². The van der Waals surface area contributed by atoms with E-state index in [9.17, 15) is 0 Å². The Labute approximate surface area is 97.6 Å². The minimum absolute atomic E-state index is 0.788. The maximum absolute atomic E-state index is 3.62. The second-order valence-electron chi connectivity index (χ2n) is 5.14. The Bertz CT molecular complexity index is 382. The van der Waals surface area contributed by atoms with Crippen LogP contribution >= 0.6 is 0 Å². The Kier molecular flexibility index (Phi) is 2.60. The Balaban J connectivity index is 1.67. The predicted octanol–water partition coefficient (Wildman–Crippen LogP) is 2.32. The average molecular weight is 216 g/mol. The van der Waals surface area contributed by atoms with E-state index in [4.69, 9.17) is 0 Å². The van der Waals surface area contributed by atoms with Crippen LogP contribution in [0.15, 0.2) is 18.2 Å². The molecule has 86 valence electrons. The van der Waals surface area contributed by atoms with Gasteiger partial charge in [-0.1, -0.05) is 18.6 Å². The monoisotopic (exact) mass is 216 g/mol. The summed E-state index contributed by atoms with van der Waals surface area (Å²) >= 11 is 0. The molecular formula is C14H20N2. The Morgan fingerprint density at radius 2 is 2.25 bits per heavy atom. The van der Waals surface area contributed by atoms with Crippen LogP contribution in [-0.4, -0.2) is 19.6 Å². The number of nitrogens with one attached hydrogen (secondary N) is 1. The molecular weight excluding hydrogens is 196 g/mol. The third kappa shape index (κ3) is 1.82. The van der Waals surface area contributed by atoms with E-state index in [2.05, 4.69) is 35.5 Å².